The molecule has 1 aromatic carbocycles. The van der Waals surface area contributed by atoms with Gasteiger partial charge in [-0.1, -0.05) is 17.7 Å². The van der Waals surface area contributed by atoms with Crippen molar-refractivity contribution in [3.05, 3.63) is 29.8 Å². The first-order valence-corrected chi connectivity index (χ1v) is 6.29. The largest absolute Gasteiger partial charge is 0.481 e. The van der Waals surface area contributed by atoms with Gasteiger partial charge in [0, 0.05) is 6.54 Å². The molecule has 0 fully saturated rings. The van der Waals surface area contributed by atoms with E-state index in [1.54, 1.807) is 6.92 Å². The predicted octanol–water partition coefficient (Wildman–Crippen LogP) is 1.49. The number of hydrogen-bond donors (Lipinski definition) is 2. The van der Waals surface area contributed by atoms with Gasteiger partial charge in [0.25, 0.3) is 5.91 Å². The van der Waals surface area contributed by atoms with Crippen LogP contribution in [0, 0.1) is 6.92 Å². The lowest BCUT2D eigenvalue weighted by Crippen LogP contribution is -2.37. The first-order valence-electron chi connectivity index (χ1n) is 6.29. The monoisotopic (exact) mass is 250 g/mol. The molecule has 1 amide bonds. The van der Waals surface area contributed by atoms with Gasteiger partial charge in [-0.15, -0.1) is 0 Å². The molecule has 0 spiro atoms. The summed E-state index contributed by atoms with van der Waals surface area (Å²) in [6.45, 7) is 5.34. The quantitative estimate of drug-likeness (QED) is 0.721. The third-order valence-corrected chi connectivity index (χ3v) is 2.61. The van der Waals surface area contributed by atoms with Crippen LogP contribution in [0.25, 0.3) is 0 Å². The van der Waals surface area contributed by atoms with Crippen molar-refractivity contribution >= 4 is 5.91 Å². The van der Waals surface area contributed by atoms with Crippen molar-refractivity contribution < 1.29 is 9.53 Å². The second-order valence-corrected chi connectivity index (χ2v) is 4.32. The zero-order valence-corrected chi connectivity index (χ0v) is 11.3. The number of amides is 1. The van der Waals surface area contributed by atoms with Crippen LogP contribution in [0.4, 0.5) is 0 Å². The van der Waals surface area contributed by atoms with E-state index >= 15 is 0 Å². The molecule has 1 unspecified atom stereocenters. The molecule has 1 atom stereocenters. The minimum Gasteiger partial charge on any atom is -0.481 e. The molecule has 0 heterocycles. The van der Waals surface area contributed by atoms with E-state index in [0.29, 0.717) is 6.54 Å². The molecule has 1 rings (SSSR count). The molecule has 0 aliphatic rings. The maximum atomic E-state index is 11.7. The maximum absolute atomic E-state index is 11.7. The van der Waals surface area contributed by atoms with Crippen molar-refractivity contribution in [1.82, 2.24) is 10.6 Å². The summed E-state index contributed by atoms with van der Waals surface area (Å²) in [6.07, 6.45) is 0.446. The zero-order valence-electron chi connectivity index (χ0n) is 11.3. The number of aryl methyl sites for hydroxylation is 1. The van der Waals surface area contributed by atoms with E-state index in [-0.39, 0.29) is 5.91 Å². The number of rotatable bonds is 7. The van der Waals surface area contributed by atoms with E-state index in [4.69, 9.17) is 4.74 Å². The Morgan fingerprint density at radius 3 is 2.56 bits per heavy atom. The molecule has 18 heavy (non-hydrogen) atoms. The molecule has 0 radical (unpaired) electrons. The van der Waals surface area contributed by atoms with Crippen LogP contribution in [-0.2, 0) is 4.79 Å². The van der Waals surface area contributed by atoms with Crippen molar-refractivity contribution in [3.8, 4) is 5.75 Å². The molecule has 0 saturated heterocycles. The third kappa shape index (κ3) is 5.19. The Kier molecular flexibility index (Phi) is 6.22. The van der Waals surface area contributed by atoms with Gasteiger partial charge in [0.15, 0.2) is 6.10 Å². The molecular formula is C14H22N2O2. The topological polar surface area (TPSA) is 50.4 Å². The predicted molar refractivity (Wildman–Crippen MR) is 72.8 cm³/mol. The lowest BCUT2D eigenvalue weighted by molar-refractivity contribution is -0.127. The minimum atomic E-state index is -0.470. The SMILES string of the molecule is CNCCCNC(=O)C(C)Oc1ccc(C)cc1. The van der Waals surface area contributed by atoms with Crippen LogP contribution in [-0.4, -0.2) is 32.1 Å². The third-order valence-electron chi connectivity index (χ3n) is 2.61. The average Bonchev–Trinajstić information content (AvgIpc) is 2.37. The van der Waals surface area contributed by atoms with Gasteiger partial charge in [-0.2, -0.15) is 0 Å². The van der Waals surface area contributed by atoms with Gasteiger partial charge in [0.05, 0.1) is 0 Å². The number of benzene rings is 1. The molecule has 1 aromatic rings. The molecule has 2 N–H and O–H groups in total. The highest BCUT2D eigenvalue weighted by Gasteiger charge is 2.13. The molecule has 0 aliphatic carbocycles. The van der Waals surface area contributed by atoms with Crippen molar-refractivity contribution in [3.63, 3.8) is 0 Å². The summed E-state index contributed by atoms with van der Waals surface area (Å²) in [5.41, 5.74) is 1.17. The number of hydrogen-bond acceptors (Lipinski definition) is 3. The lowest BCUT2D eigenvalue weighted by Gasteiger charge is -2.14. The Balaban J connectivity index is 2.33. The average molecular weight is 250 g/mol. The van der Waals surface area contributed by atoms with E-state index in [1.807, 2.05) is 38.2 Å². The summed E-state index contributed by atoms with van der Waals surface area (Å²) in [4.78, 5) is 11.7. The van der Waals surface area contributed by atoms with E-state index in [1.165, 1.54) is 5.56 Å². The summed E-state index contributed by atoms with van der Waals surface area (Å²) in [6, 6.07) is 7.68. The van der Waals surface area contributed by atoms with Crippen molar-refractivity contribution in [1.29, 1.82) is 0 Å². The molecule has 0 aliphatic heterocycles. The fourth-order valence-corrected chi connectivity index (χ4v) is 1.49. The second kappa shape index (κ2) is 7.71. The standard InChI is InChI=1S/C14H22N2O2/c1-11-5-7-13(8-6-11)18-12(2)14(17)16-10-4-9-15-3/h5-8,12,15H,4,9-10H2,1-3H3,(H,16,17). The molecular weight excluding hydrogens is 228 g/mol. The van der Waals surface area contributed by atoms with Crippen LogP contribution >= 0.6 is 0 Å². The van der Waals surface area contributed by atoms with Crippen LogP contribution in [0.15, 0.2) is 24.3 Å². The van der Waals surface area contributed by atoms with Crippen LogP contribution in [0.1, 0.15) is 18.9 Å². The number of nitrogens with one attached hydrogen (secondary N) is 2. The second-order valence-electron chi connectivity index (χ2n) is 4.32. The first-order chi connectivity index (χ1) is 8.63. The highest BCUT2D eigenvalue weighted by molar-refractivity contribution is 5.80. The minimum absolute atomic E-state index is 0.0771. The number of ether oxygens (including phenoxy) is 1. The van der Waals surface area contributed by atoms with Crippen LogP contribution in [0.3, 0.4) is 0 Å². The summed E-state index contributed by atoms with van der Waals surface area (Å²) < 4.78 is 5.56. The normalized spacial score (nSPS) is 11.9. The van der Waals surface area contributed by atoms with Crippen molar-refractivity contribution in [2.45, 2.75) is 26.4 Å². The van der Waals surface area contributed by atoms with Gasteiger partial charge in [0.1, 0.15) is 5.75 Å². The first kappa shape index (κ1) is 14.5. The van der Waals surface area contributed by atoms with Gasteiger partial charge < -0.3 is 15.4 Å². The van der Waals surface area contributed by atoms with E-state index in [9.17, 15) is 4.79 Å². The van der Waals surface area contributed by atoms with Crippen molar-refractivity contribution in [2.75, 3.05) is 20.1 Å². The fourth-order valence-electron chi connectivity index (χ4n) is 1.49. The van der Waals surface area contributed by atoms with Crippen molar-refractivity contribution in [2.24, 2.45) is 0 Å². The Morgan fingerprint density at radius 1 is 1.28 bits per heavy atom. The highest BCUT2D eigenvalue weighted by Crippen LogP contribution is 2.13. The molecule has 4 heteroatoms. The van der Waals surface area contributed by atoms with E-state index < -0.39 is 6.10 Å². The Hall–Kier alpha value is -1.55. The van der Waals surface area contributed by atoms with Gasteiger partial charge >= 0.3 is 0 Å². The number of carbonyl (C=O) groups excluding carboxylic acids is 1. The Bertz CT molecular complexity index is 363. The number of carbonyl (C=O) groups is 1. The Morgan fingerprint density at radius 2 is 1.94 bits per heavy atom. The molecule has 0 bridgehead atoms. The van der Waals surface area contributed by atoms with E-state index in [2.05, 4.69) is 10.6 Å². The smallest absolute Gasteiger partial charge is 0.260 e. The summed E-state index contributed by atoms with van der Waals surface area (Å²) in [5, 5.41) is 5.88. The molecule has 4 nitrogen and oxygen atoms in total. The lowest BCUT2D eigenvalue weighted by atomic mass is 10.2. The van der Waals surface area contributed by atoms with Gasteiger partial charge in [-0.25, -0.2) is 0 Å². The van der Waals surface area contributed by atoms with Crippen LogP contribution in [0.2, 0.25) is 0 Å². The molecule has 100 valence electrons. The van der Waals surface area contributed by atoms with Gasteiger partial charge in [-0.3, -0.25) is 4.79 Å². The fraction of sp³-hybridized carbons (Fsp3) is 0.500. The summed E-state index contributed by atoms with van der Waals surface area (Å²) in [5.74, 6) is 0.644. The van der Waals surface area contributed by atoms with Gasteiger partial charge in [0.2, 0.25) is 0 Å². The zero-order chi connectivity index (χ0) is 13.4. The Labute approximate surface area is 109 Å². The van der Waals surface area contributed by atoms with E-state index in [0.717, 1.165) is 18.7 Å². The summed E-state index contributed by atoms with van der Waals surface area (Å²) in [7, 11) is 1.89. The van der Waals surface area contributed by atoms with Crippen LogP contribution < -0.4 is 15.4 Å². The highest BCUT2D eigenvalue weighted by atomic mass is 16.5. The maximum Gasteiger partial charge on any atom is 0.260 e. The summed E-state index contributed by atoms with van der Waals surface area (Å²) >= 11 is 0. The molecule has 0 aromatic heterocycles. The van der Waals surface area contributed by atoms with Crippen LogP contribution in [0.5, 0.6) is 5.75 Å². The molecule has 0 saturated carbocycles. The van der Waals surface area contributed by atoms with Gasteiger partial charge in [-0.05, 0) is 46.0 Å².